The molecule has 11 heteroatoms. The topological polar surface area (TPSA) is 138 Å². The minimum Gasteiger partial charge on any atom is -0.494 e. The Morgan fingerprint density at radius 2 is 1.47 bits per heavy atom. The van der Waals surface area contributed by atoms with Crippen molar-refractivity contribution < 1.29 is 26.6 Å². The van der Waals surface area contributed by atoms with Gasteiger partial charge in [0.2, 0.25) is 0 Å². The highest BCUT2D eigenvalue weighted by Gasteiger charge is 2.12. The van der Waals surface area contributed by atoms with Gasteiger partial charge in [-0.3, -0.25) is 4.55 Å². The highest BCUT2D eigenvalue weighted by Crippen LogP contribution is 2.13. The second-order valence-electron chi connectivity index (χ2n) is 5.64. The second-order valence-corrected chi connectivity index (χ2v) is 6.73. The van der Waals surface area contributed by atoms with Crippen LogP contribution in [0.1, 0.15) is 26.2 Å². The smallest absolute Gasteiger partial charge is 0.397 e. The van der Waals surface area contributed by atoms with Crippen molar-refractivity contribution in [2.24, 2.45) is 0 Å². The van der Waals surface area contributed by atoms with Crippen LogP contribution in [0.15, 0.2) is 12.1 Å². The summed E-state index contributed by atoms with van der Waals surface area (Å²) in [5, 5.41) is 18.8. The molecule has 0 heterocycles. The molecule has 0 spiro atoms. The Hall–Kier alpha value is -3.61. The third kappa shape index (κ3) is 7.43. The van der Waals surface area contributed by atoms with E-state index in [4.69, 9.17) is 27.2 Å². The van der Waals surface area contributed by atoms with Crippen LogP contribution in [0, 0.1) is 35.8 Å². The number of benzene rings is 1. The minimum absolute atomic E-state index is 0.0450. The lowest BCUT2D eigenvalue weighted by molar-refractivity contribution is 0.228. The lowest BCUT2D eigenvalue weighted by Gasteiger charge is -2.12. The number of unbranched alkanes of at least 4 members (excludes halogenated alkanes) is 1. The molecule has 0 fully saturated rings. The summed E-state index contributed by atoms with van der Waals surface area (Å²) in [5.41, 5.74) is -0.540. The molecule has 1 N–H and O–H groups in total. The predicted molar refractivity (Wildman–Crippen MR) is 105 cm³/mol. The number of nitriles is 2. The zero-order chi connectivity index (χ0) is 22.6. The summed E-state index contributed by atoms with van der Waals surface area (Å²) in [5.74, 6) is 0.216. The molecule has 0 aromatic heterocycles. The number of rotatable bonds is 10. The number of nitrogens with zero attached hydrogens (tertiary/aromatic N) is 4. The van der Waals surface area contributed by atoms with Crippen LogP contribution >= 0.6 is 0 Å². The van der Waals surface area contributed by atoms with E-state index in [1.165, 1.54) is 12.1 Å². The lowest BCUT2D eigenvalue weighted by atomic mass is 10.1. The molecule has 1 aromatic rings. The van der Waals surface area contributed by atoms with Crippen molar-refractivity contribution >= 4 is 21.8 Å². The van der Waals surface area contributed by atoms with Gasteiger partial charge >= 0.3 is 10.4 Å². The van der Waals surface area contributed by atoms with Crippen molar-refractivity contribution in [3.8, 4) is 23.6 Å². The summed E-state index contributed by atoms with van der Waals surface area (Å²) in [6, 6.07) is 6.24. The van der Waals surface area contributed by atoms with Gasteiger partial charge in [0, 0.05) is 16.9 Å². The Labute approximate surface area is 174 Å². The average molecular weight is 430 g/mol. The van der Waals surface area contributed by atoms with Crippen LogP contribution in [0.4, 0.5) is 0 Å². The molecule has 0 radical (unpaired) electrons. The molecule has 0 bridgehead atoms. The Bertz CT molecular complexity index is 1130. The first kappa shape index (κ1) is 24.4. The van der Waals surface area contributed by atoms with Crippen LogP contribution in [-0.2, 0) is 14.6 Å². The molecule has 1 aromatic carbocycles. The second kappa shape index (κ2) is 12.1. The van der Waals surface area contributed by atoms with E-state index < -0.39 is 10.4 Å². The number of ether oxygens (including phenoxy) is 2. The van der Waals surface area contributed by atoms with Gasteiger partial charge in [0.05, 0.1) is 45.1 Å². The maximum atomic E-state index is 10.6. The number of hydrogen-bond acceptors (Lipinski definition) is 7. The third-order valence-electron chi connectivity index (χ3n) is 3.56. The van der Waals surface area contributed by atoms with Crippen LogP contribution in [0.3, 0.4) is 0 Å². The molecule has 0 aliphatic carbocycles. The fourth-order valence-corrected chi connectivity index (χ4v) is 2.52. The minimum atomic E-state index is -4.57. The molecular weight excluding hydrogens is 412 g/mol. The van der Waals surface area contributed by atoms with Crippen molar-refractivity contribution in [1.29, 1.82) is 10.5 Å². The standard InChI is InChI=1S/C19H18N4O6S/c1-4-5-7-27-18-10-15(17(13-21)23-3)19(11-14(18)16(12-20)22-2)28-8-6-9-29-30(24,25)26/h10-11H,4-9H2,1H3,(H,24,25,26)/b16-14-,17-15+. The first-order valence-corrected chi connectivity index (χ1v) is 10.0. The molecule has 156 valence electrons. The fourth-order valence-electron chi connectivity index (χ4n) is 2.19. The molecule has 0 amide bonds. The molecule has 0 saturated carbocycles. The van der Waals surface area contributed by atoms with Crippen LogP contribution < -0.4 is 19.9 Å². The molecular formula is C19H18N4O6S. The molecule has 0 aliphatic heterocycles. The molecule has 0 unspecified atom stereocenters. The highest BCUT2D eigenvalue weighted by molar-refractivity contribution is 7.80. The summed E-state index contributed by atoms with van der Waals surface area (Å²) < 4.78 is 45.1. The van der Waals surface area contributed by atoms with Gasteiger partial charge < -0.3 is 9.47 Å². The van der Waals surface area contributed by atoms with Gasteiger partial charge in [-0.2, -0.15) is 8.42 Å². The van der Waals surface area contributed by atoms with Gasteiger partial charge in [-0.15, -0.1) is 0 Å². The van der Waals surface area contributed by atoms with Crippen LogP contribution in [0.25, 0.3) is 21.1 Å². The van der Waals surface area contributed by atoms with Gasteiger partial charge in [-0.05, 0) is 18.6 Å². The van der Waals surface area contributed by atoms with Crippen molar-refractivity contribution in [2.75, 3.05) is 19.8 Å². The SMILES string of the molecule is [C-]#[N+]/C(C#N)=c1/cc(OCCCOS(=O)(=O)O)/c(=C(\C#N)[N+]#[C-])cc1OCCCC. The Kier molecular flexibility index (Phi) is 9.82. The van der Waals surface area contributed by atoms with Crippen molar-refractivity contribution in [2.45, 2.75) is 26.2 Å². The molecule has 1 rings (SSSR count). The third-order valence-corrected chi connectivity index (χ3v) is 4.03. The first-order valence-electron chi connectivity index (χ1n) is 8.66. The zero-order valence-electron chi connectivity index (χ0n) is 16.1. The Balaban J connectivity index is 3.47. The normalized spacial score (nSPS) is 12.5. The predicted octanol–water partition coefficient (Wildman–Crippen LogP) is 1.56. The maximum absolute atomic E-state index is 10.6. The maximum Gasteiger partial charge on any atom is 0.397 e. The van der Waals surface area contributed by atoms with Crippen LogP contribution in [0.2, 0.25) is 0 Å². The van der Waals surface area contributed by atoms with Gasteiger partial charge in [-0.25, -0.2) is 24.4 Å². The quantitative estimate of drug-likeness (QED) is 0.335. The number of hydrogen-bond donors (Lipinski definition) is 1. The monoisotopic (exact) mass is 430 g/mol. The highest BCUT2D eigenvalue weighted by atomic mass is 32.3. The fraction of sp³-hybridized carbons (Fsp3) is 0.368. The van der Waals surface area contributed by atoms with E-state index in [1.807, 2.05) is 6.92 Å². The summed E-state index contributed by atoms with van der Waals surface area (Å²) in [7, 11) is -4.57. The van der Waals surface area contributed by atoms with E-state index in [0.717, 1.165) is 12.8 Å². The summed E-state index contributed by atoms with van der Waals surface area (Å²) in [4.78, 5) is 6.35. The summed E-state index contributed by atoms with van der Waals surface area (Å²) >= 11 is 0. The van der Waals surface area contributed by atoms with Crippen molar-refractivity contribution in [3.05, 3.63) is 45.4 Å². The van der Waals surface area contributed by atoms with Crippen molar-refractivity contribution in [1.82, 2.24) is 0 Å². The average Bonchev–Trinajstić information content (AvgIpc) is 2.70. The molecule has 0 atom stereocenters. The van der Waals surface area contributed by atoms with E-state index in [0.29, 0.717) is 6.61 Å². The van der Waals surface area contributed by atoms with Gasteiger partial charge in [0.15, 0.2) is 0 Å². The molecule has 10 nitrogen and oxygen atoms in total. The van der Waals surface area contributed by atoms with E-state index in [-0.39, 0.29) is 53.0 Å². The van der Waals surface area contributed by atoms with E-state index in [2.05, 4.69) is 13.9 Å². The van der Waals surface area contributed by atoms with Crippen LogP contribution in [-0.4, -0.2) is 32.8 Å². The first-order chi connectivity index (χ1) is 14.3. The summed E-state index contributed by atoms with van der Waals surface area (Å²) in [6.45, 7) is 16.2. The molecule has 30 heavy (non-hydrogen) atoms. The molecule has 0 aliphatic rings. The largest absolute Gasteiger partial charge is 0.494 e. The van der Waals surface area contributed by atoms with Gasteiger partial charge in [-0.1, -0.05) is 13.3 Å². The zero-order valence-corrected chi connectivity index (χ0v) is 16.9. The van der Waals surface area contributed by atoms with E-state index >= 15 is 0 Å². The Morgan fingerprint density at radius 1 is 1.00 bits per heavy atom. The van der Waals surface area contributed by atoms with E-state index in [1.54, 1.807) is 12.1 Å². The van der Waals surface area contributed by atoms with E-state index in [9.17, 15) is 18.9 Å². The lowest BCUT2D eigenvalue weighted by Crippen LogP contribution is -2.21. The van der Waals surface area contributed by atoms with Gasteiger partial charge in [0.25, 0.3) is 11.4 Å². The van der Waals surface area contributed by atoms with Crippen LogP contribution in [0.5, 0.6) is 11.5 Å². The van der Waals surface area contributed by atoms with Crippen molar-refractivity contribution in [3.63, 3.8) is 0 Å². The Morgan fingerprint density at radius 3 is 1.83 bits per heavy atom. The summed E-state index contributed by atoms with van der Waals surface area (Å²) in [6.07, 6.45) is 1.63. The van der Waals surface area contributed by atoms with Gasteiger partial charge in [0.1, 0.15) is 11.5 Å². The molecule has 0 saturated heterocycles.